The van der Waals surface area contributed by atoms with Gasteiger partial charge in [-0.25, -0.2) is 0 Å². The molecule has 5 nitrogen and oxygen atoms in total. The molecule has 0 radical (unpaired) electrons. The van der Waals surface area contributed by atoms with E-state index in [0.29, 0.717) is 17.7 Å². The van der Waals surface area contributed by atoms with Crippen molar-refractivity contribution in [1.29, 1.82) is 0 Å². The summed E-state index contributed by atoms with van der Waals surface area (Å²) < 4.78 is 0. The normalized spacial score (nSPS) is 10.5. The van der Waals surface area contributed by atoms with Gasteiger partial charge in [0.1, 0.15) is 0 Å². The lowest BCUT2D eigenvalue weighted by Crippen LogP contribution is -2.31. The van der Waals surface area contributed by atoms with Crippen molar-refractivity contribution >= 4 is 23.2 Å². The van der Waals surface area contributed by atoms with Crippen molar-refractivity contribution in [2.24, 2.45) is 0 Å². The van der Waals surface area contributed by atoms with Crippen LogP contribution in [0.1, 0.15) is 44.3 Å². The molecule has 0 fully saturated rings. The first-order chi connectivity index (χ1) is 13.9. The zero-order valence-corrected chi connectivity index (χ0v) is 17.2. The van der Waals surface area contributed by atoms with E-state index in [1.165, 1.54) is 12.4 Å². The molecule has 0 saturated heterocycles. The Hall–Kier alpha value is -3.47. The highest BCUT2D eigenvalue weighted by Gasteiger charge is 2.18. The van der Waals surface area contributed by atoms with Gasteiger partial charge in [-0.05, 0) is 63.1 Å². The second kappa shape index (κ2) is 8.69. The van der Waals surface area contributed by atoms with Crippen molar-refractivity contribution in [3.05, 3.63) is 88.7 Å². The Balaban J connectivity index is 1.84. The van der Waals surface area contributed by atoms with E-state index >= 15 is 0 Å². The van der Waals surface area contributed by atoms with E-state index in [1.54, 1.807) is 11.0 Å². The molecule has 148 valence electrons. The summed E-state index contributed by atoms with van der Waals surface area (Å²) >= 11 is 0. The summed E-state index contributed by atoms with van der Waals surface area (Å²) in [4.78, 5) is 31.6. The van der Waals surface area contributed by atoms with Crippen LogP contribution in [0.25, 0.3) is 0 Å². The Morgan fingerprint density at radius 2 is 1.66 bits per heavy atom. The molecule has 29 heavy (non-hydrogen) atoms. The monoisotopic (exact) mass is 387 g/mol. The van der Waals surface area contributed by atoms with E-state index in [2.05, 4.69) is 10.3 Å². The number of benzene rings is 2. The topological polar surface area (TPSA) is 62.3 Å². The third-order valence-corrected chi connectivity index (χ3v) is 4.75. The average Bonchev–Trinajstić information content (AvgIpc) is 2.70. The lowest BCUT2D eigenvalue weighted by atomic mass is 10.1. The number of anilines is 2. The molecule has 3 aromatic rings. The maximum atomic E-state index is 13.1. The summed E-state index contributed by atoms with van der Waals surface area (Å²) in [7, 11) is 0. The van der Waals surface area contributed by atoms with Crippen LogP contribution in [-0.2, 0) is 0 Å². The summed E-state index contributed by atoms with van der Waals surface area (Å²) in [5.41, 5.74) is 5.47. The van der Waals surface area contributed by atoms with Crippen LogP contribution in [0.5, 0.6) is 0 Å². The van der Waals surface area contributed by atoms with Crippen molar-refractivity contribution in [2.45, 2.75) is 27.7 Å². The van der Waals surface area contributed by atoms with Crippen LogP contribution >= 0.6 is 0 Å². The van der Waals surface area contributed by atoms with Crippen molar-refractivity contribution in [1.82, 2.24) is 4.98 Å². The Morgan fingerprint density at radius 1 is 0.931 bits per heavy atom. The van der Waals surface area contributed by atoms with Crippen molar-refractivity contribution in [2.75, 3.05) is 16.8 Å². The molecular formula is C24H25N3O2. The summed E-state index contributed by atoms with van der Waals surface area (Å²) in [5, 5.41) is 2.90. The smallest absolute Gasteiger partial charge is 0.259 e. The predicted molar refractivity (Wildman–Crippen MR) is 117 cm³/mol. The fourth-order valence-electron chi connectivity index (χ4n) is 3.22. The van der Waals surface area contributed by atoms with Gasteiger partial charge >= 0.3 is 0 Å². The van der Waals surface area contributed by atoms with Crippen LogP contribution < -0.4 is 10.2 Å². The zero-order chi connectivity index (χ0) is 21.0. The van der Waals surface area contributed by atoms with E-state index in [4.69, 9.17) is 0 Å². The molecular weight excluding hydrogens is 362 g/mol. The van der Waals surface area contributed by atoms with E-state index in [-0.39, 0.29) is 11.8 Å². The van der Waals surface area contributed by atoms with Gasteiger partial charge in [-0.1, -0.05) is 29.8 Å². The Kier molecular flexibility index (Phi) is 6.07. The highest BCUT2D eigenvalue weighted by atomic mass is 16.2. The first-order valence-corrected chi connectivity index (χ1v) is 9.61. The number of aromatic nitrogens is 1. The minimum absolute atomic E-state index is 0.188. The van der Waals surface area contributed by atoms with E-state index < -0.39 is 0 Å². The molecule has 2 aromatic carbocycles. The number of nitrogens with zero attached hydrogens (tertiary/aromatic N) is 2. The average molecular weight is 387 g/mol. The molecule has 0 aliphatic rings. The number of hydrogen-bond acceptors (Lipinski definition) is 3. The Bertz CT molecular complexity index is 1060. The van der Waals surface area contributed by atoms with E-state index in [0.717, 1.165) is 28.1 Å². The van der Waals surface area contributed by atoms with Crippen molar-refractivity contribution < 1.29 is 9.59 Å². The molecule has 1 aromatic heterocycles. The summed E-state index contributed by atoms with van der Waals surface area (Å²) in [5.74, 6) is -0.482. The van der Waals surface area contributed by atoms with E-state index in [1.807, 2.05) is 70.2 Å². The van der Waals surface area contributed by atoms with Gasteiger partial charge in [0.25, 0.3) is 11.8 Å². The Morgan fingerprint density at radius 3 is 2.34 bits per heavy atom. The van der Waals surface area contributed by atoms with Crippen LogP contribution in [0, 0.1) is 20.8 Å². The van der Waals surface area contributed by atoms with Gasteiger partial charge in [-0.2, -0.15) is 0 Å². The first kappa shape index (κ1) is 20.3. The fourth-order valence-corrected chi connectivity index (χ4v) is 3.22. The van der Waals surface area contributed by atoms with Crippen molar-refractivity contribution in [3.8, 4) is 0 Å². The minimum Gasteiger partial charge on any atom is -0.322 e. The predicted octanol–water partition coefficient (Wildman–Crippen LogP) is 4.93. The molecule has 2 amide bonds. The third kappa shape index (κ3) is 4.69. The van der Waals surface area contributed by atoms with Crippen LogP contribution in [0.3, 0.4) is 0 Å². The number of hydrogen-bond donors (Lipinski definition) is 1. The second-order valence-corrected chi connectivity index (χ2v) is 7.12. The SMILES string of the molecule is CCN(C(=O)c1cncc(C(=O)Nc2ccc(C)cc2C)c1)c1cccc(C)c1. The molecule has 0 spiro atoms. The number of pyridine rings is 1. The maximum absolute atomic E-state index is 13.1. The fraction of sp³-hybridized carbons (Fsp3) is 0.208. The van der Waals surface area contributed by atoms with Crippen LogP contribution in [0.4, 0.5) is 11.4 Å². The molecule has 1 N–H and O–H groups in total. The molecule has 0 atom stereocenters. The zero-order valence-electron chi connectivity index (χ0n) is 17.2. The van der Waals surface area contributed by atoms with Crippen molar-refractivity contribution in [3.63, 3.8) is 0 Å². The lowest BCUT2D eigenvalue weighted by Gasteiger charge is -2.21. The number of rotatable bonds is 5. The van der Waals surface area contributed by atoms with Crippen LogP contribution in [-0.4, -0.2) is 23.3 Å². The summed E-state index contributed by atoms with van der Waals surface area (Å²) in [6.45, 7) is 8.38. The first-order valence-electron chi connectivity index (χ1n) is 9.61. The highest BCUT2D eigenvalue weighted by molar-refractivity contribution is 6.09. The van der Waals surface area contributed by atoms with Gasteiger partial charge in [0.2, 0.25) is 0 Å². The van der Waals surface area contributed by atoms with Gasteiger partial charge < -0.3 is 10.2 Å². The summed E-state index contributed by atoms with van der Waals surface area (Å²) in [6, 6.07) is 15.2. The molecule has 1 heterocycles. The van der Waals surface area contributed by atoms with Crippen LogP contribution in [0.2, 0.25) is 0 Å². The number of carbonyl (C=O) groups excluding carboxylic acids is 2. The Labute approximate surface area is 171 Å². The maximum Gasteiger partial charge on any atom is 0.259 e. The van der Waals surface area contributed by atoms with Gasteiger partial charge in [-0.3, -0.25) is 14.6 Å². The van der Waals surface area contributed by atoms with Crippen LogP contribution in [0.15, 0.2) is 60.9 Å². The summed E-state index contributed by atoms with van der Waals surface area (Å²) in [6.07, 6.45) is 2.97. The molecule has 0 aliphatic carbocycles. The standard InChI is InChI=1S/C24H25N3O2/c1-5-27(21-8-6-7-16(2)12-21)24(29)20-13-19(14-25-15-20)23(28)26-22-10-9-17(3)11-18(22)4/h6-15H,5H2,1-4H3,(H,26,28). The quantitative estimate of drug-likeness (QED) is 0.675. The number of carbonyl (C=O) groups is 2. The number of amides is 2. The molecule has 0 unspecified atom stereocenters. The number of nitrogens with one attached hydrogen (secondary N) is 1. The van der Waals surface area contributed by atoms with Gasteiger partial charge in [0, 0.05) is 30.3 Å². The van der Waals surface area contributed by atoms with Gasteiger partial charge in [0.15, 0.2) is 0 Å². The third-order valence-electron chi connectivity index (χ3n) is 4.75. The molecule has 0 aliphatic heterocycles. The second-order valence-electron chi connectivity index (χ2n) is 7.12. The molecule has 0 bridgehead atoms. The highest BCUT2D eigenvalue weighted by Crippen LogP contribution is 2.20. The molecule has 5 heteroatoms. The number of aryl methyl sites for hydroxylation is 3. The van der Waals surface area contributed by atoms with Gasteiger partial charge in [0.05, 0.1) is 11.1 Å². The molecule has 0 saturated carbocycles. The largest absolute Gasteiger partial charge is 0.322 e. The van der Waals surface area contributed by atoms with Gasteiger partial charge in [-0.15, -0.1) is 0 Å². The van der Waals surface area contributed by atoms with E-state index in [9.17, 15) is 9.59 Å². The minimum atomic E-state index is -0.294. The lowest BCUT2D eigenvalue weighted by molar-refractivity contribution is 0.0988. The molecule has 3 rings (SSSR count).